The lowest BCUT2D eigenvalue weighted by atomic mass is 10.0. The molecule has 1 saturated heterocycles. The van der Waals surface area contributed by atoms with Gasteiger partial charge in [-0.1, -0.05) is 36.4 Å². The van der Waals surface area contributed by atoms with Crippen molar-refractivity contribution < 1.29 is 19.4 Å². The Kier molecular flexibility index (Phi) is 5.93. The second-order valence-electron chi connectivity index (χ2n) is 6.22. The van der Waals surface area contributed by atoms with Gasteiger partial charge < -0.3 is 25.4 Å². The van der Waals surface area contributed by atoms with Gasteiger partial charge in [-0.25, -0.2) is 4.79 Å². The number of aliphatic hydroxyl groups is 1. The molecule has 0 unspecified atom stereocenters. The Labute approximate surface area is 157 Å². The van der Waals surface area contributed by atoms with Crippen LogP contribution in [0.25, 0.3) is 11.1 Å². The summed E-state index contributed by atoms with van der Waals surface area (Å²) >= 11 is 0. The number of rotatable bonds is 5. The highest BCUT2D eigenvalue weighted by Gasteiger charge is 2.32. The molecule has 3 rings (SSSR count). The minimum Gasteiger partial charge on any atom is -0.495 e. The number of aliphatic hydroxyl groups excluding tert-OH is 1. The summed E-state index contributed by atoms with van der Waals surface area (Å²) in [7, 11) is 1.54. The molecule has 7 nitrogen and oxygen atoms in total. The molecule has 1 aliphatic rings. The van der Waals surface area contributed by atoms with Gasteiger partial charge in [0.15, 0.2) is 0 Å². The number of anilines is 1. The molecule has 27 heavy (non-hydrogen) atoms. The van der Waals surface area contributed by atoms with Crippen LogP contribution in [0.2, 0.25) is 0 Å². The normalized spacial score (nSPS) is 16.6. The Morgan fingerprint density at radius 2 is 2.04 bits per heavy atom. The van der Waals surface area contributed by atoms with Crippen LogP contribution in [0.4, 0.5) is 10.5 Å². The highest BCUT2D eigenvalue weighted by molar-refractivity contribution is 5.96. The molecule has 0 bridgehead atoms. The van der Waals surface area contributed by atoms with E-state index in [1.807, 2.05) is 42.5 Å². The maximum absolute atomic E-state index is 12.8. The van der Waals surface area contributed by atoms with E-state index in [1.165, 1.54) is 12.0 Å². The lowest BCUT2D eigenvalue weighted by Crippen LogP contribution is -2.58. The summed E-state index contributed by atoms with van der Waals surface area (Å²) in [6.45, 7) is 0.590. The Bertz CT molecular complexity index is 810. The number of hydrogen-bond donors (Lipinski definition) is 3. The third-order valence-electron chi connectivity index (χ3n) is 4.54. The molecule has 1 atom stereocenters. The van der Waals surface area contributed by atoms with Crippen molar-refractivity contribution in [2.45, 2.75) is 12.5 Å². The first-order valence-corrected chi connectivity index (χ1v) is 8.83. The summed E-state index contributed by atoms with van der Waals surface area (Å²) in [5.41, 5.74) is 2.48. The molecule has 2 aromatic rings. The summed E-state index contributed by atoms with van der Waals surface area (Å²) in [4.78, 5) is 26.3. The zero-order valence-electron chi connectivity index (χ0n) is 15.1. The van der Waals surface area contributed by atoms with E-state index in [2.05, 4.69) is 10.6 Å². The predicted molar refractivity (Wildman–Crippen MR) is 103 cm³/mol. The molecule has 0 aromatic heterocycles. The van der Waals surface area contributed by atoms with Crippen molar-refractivity contribution in [3.63, 3.8) is 0 Å². The van der Waals surface area contributed by atoms with E-state index in [-0.39, 0.29) is 18.9 Å². The lowest BCUT2D eigenvalue weighted by molar-refractivity contribution is -0.128. The second-order valence-corrected chi connectivity index (χ2v) is 6.22. The molecule has 0 spiro atoms. The monoisotopic (exact) mass is 369 g/mol. The van der Waals surface area contributed by atoms with Gasteiger partial charge in [-0.15, -0.1) is 0 Å². The molecule has 7 heteroatoms. The predicted octanol–water partition coefficient (Wildman–Crippen LogP) is 2.08. The van der Waals surface area contributed by atoms with Gasteiger partial charge in [0.1, 0.15) is 11.8 Å². The van der Waals surface area contributed by atoms with Crippen LogP contribution in [0.15, 0.2) is 48.5 Å². The fraction of sp³-hybridized carbons (Fsp3) is 0.300. The van der Waals surface area contributed by atoms with Gasteiger partial charge in [-0.05, 0) is 29.7 Å². The van der Waals surface area contributed by atoms with E-state index in [0.29, 0.717) is 24.5 Å². The van der Waals surface area contributed by atoms with Crippen molar-refractivity contribution >= 4 is 17.6 Å². The largest absolute Gasteiger partial charge is 0.495 e. The Hall–Kier alpha value is -3.06. The molecule has 0 aliphatic carbocycles. The fourth-order valence-electron chi connectivity index (χ4n) is 3.17. The number of benzene rings is 2. The average molecular weight is 369 g/mol. The van der Waals surface area contributed by atoms with Crippen LogP contribution in [-0.2, 0) is 4.79 Å². The standard InChI is InChI=1S/C20H23N3O4/c1-27-18-8-7-15(14-5-3-2-4-6-14)13-16(18)22-20(26)23-11-10-21-19(25)17(23)9-12-24/h2-8,13,17,24H,9-12H2,1H3,(H,21,25)(H,22,26)/t17-/m1/s1. The van der Waals surface area contributed by atoms with Gasteiger partial charge in [0, 0.05) is 19.7 Å². The van der Waals surface area contributed by atoms with Crippen LogP contribution in [0.3, 0.4) is 0 Å². The smallest absolute Gasteiger partial charge is 0.322 e. The molecule has 1 fully saturated rings. The van der Waals surface area contributed by atoms with Crippen LogP contribution in [-0.4, -0.2) is 54.8 Å². The van der Waals surface area contributed by atoms with Crippen molar-refractivity contribution in [3.05, 3.63) is 48.5 Å². The first-order valence-electron chi connectivity index (χ1n) is 8.83. The number of hydrogen-bond acceptors (Lipinski definition) is 4. The SMILES string of the molecule is COc1ccc(-c2ccccc2)cc1NC(=O)N1CCNC(=O)[C@H]1CCO. The highest BCUT2D eigenvalue weighted by atomic mass is 16.5. The summed E-state index contributed by atoms with van der Waals surface area (Å²) in [5, 5.41) is 14.8. The van der Waals surface area contributed by atoms with Gasteiger partial charge in [0.05, 0.1) is 12.8 Å². The van der Waals surface area contributed by atoms with Gasteiger partial charge in [0.25, 0.3) is 0 Å². The Balaban J connectivity index is 1.85. The first-order chi connectivity index (χ1) is 13.1. The number of ether oxygens (including phenoxy) is 1. The number of amides is 3. The molecule has 0 radical (unpaired) electrons. The van der Waals surface area contributed by atoms with Crippen molar-refractivity contribution in [1.29, 1.82) is 0 Å². The van der Waals surface area contributed by atoms with Crippen molar-refractivity contribution in [2.24, 2.45) is 0 Å². The van der Waals surface area contributed by atoms with E-state index < -0.39 is 12.1 Å². The minimum atomic E-state index is -0.688. The summed E-state index contributed by atoms with van der Waals surface area (Å²) < 4.78 is 5.37. The van der Waals surface area contributed by atoms with E-state index in [0.717, 1.165) is 11.1 Å². The van der Waals surface area contributed by atoms with Crippen molar-refractivity contribution in [3.8, 4) is 16.9 Å². The maximum Gasteiger partial charge on any atom is 0.322 e. The zero-order valence-corrected chi connectivity index (χ0v) is 15.1. The van der Waals surface area contributed by atoms with Gasteiger partial charge in [-0.3, -0.25) is 4.79 Å². The number of nitrogens with zero attached hydrogens (tertiary/aromatic N) is 1. The Morgan fingerprint density at radius 1 is 1.26 bits per heavy atom. The van der Waals surface area contributed by atoms with Crippen LogP contribution in [0.5, 0.6) is 5.75 Å². The van der Waals surface area contributed by atoms with Gasteiger partial charge in [-0.2, -0.15) is 0 Å². The third-order valence-corrected chi connectivity index (χ3v) is 4.54. The molecule has 3 amide bonds. The number of urea groups is 1. The molecule has 1 heterocycles. The molecule has 0 saturated carbocycles. The molecular formula is C20H23N3O4. The summed E-state index contributed by atoms with van der Waals surface area (Å²) in [5.74, 6) is 0.277. The highest BCUT2D eigenvalue weighted by Crippen LogP contribution is 2.31. The molecule has 2 aromatic carbocycles. The van der Waals surface area contributed by atoms with Crippen molar-refractivity contribution in [1.82, 2.24) is 10.2 Å². The quantitative estimate of drug-likeness (QED) is 0.753. The Morgan fingerprint density at radius 3 is 2.74 bits per heavy atom. The molecular weight excluding hydrogens is 346 g/mol. The second kappa shape index (κ2) is 8.55. The molecule has 3 N–H and O–H groups in total. The van der Waals surface area contributed by atoms with E-state index >= 15 is 0 Å². The fourth-order valence-corrected chi connectivity index (χ4v) is 3.17. The zero-order chi connectivity index (χ0) is 19.2. The third kappa shape index (κ3) is 4.20. The van der Waals surface area contributed by atoms with Crippen LogP contribution in [0, 0.1) is 0 Å². The number of carbonyl (C=O) groups excluding carboxylic acids is 2. The maximum atomic E-state index is 12.8. The van der Waals surface area contributed by atoms with E-state index in [9.17, 15) is 14.7 Å². The number of piperazine rings is 1. The first kappa shape index (κ1) is 18.7. The van der Waals surface area contributed by atoms with Crippen LogP contribution in [0.1, 0.15) is 6.42 Å². The van der Waals surface area contributed by atoms with Gasteiger partial charge >= 0.3 is 6.03 Å². The van der Waals surface area contributed by atoms with Gasteiger partial charge in [0.2, 0.25) is 5.91 Å². The lowest BCUT2D eigenvalue weighted by Gasteiger charge is -2.34. The number of nitrogens with one attached hydrogen (secondary N) is 2. The number of methoxy groups -OCH3 is 1. The van der Waals surface area contributed by atoms with Crippen LogP contribution < -0.4 is 15.4 Å². The van der Waals surface area contributed by atoms with Crippen LogP contribution >= 0.6 is 0 Å². The summed E-state index contributed by atoms with van der Waals surface area (Å²) in [6, 6.07) is 14.3. The molecule has 1 aliphatic heterocycles. The average Bonchev–Trinajstić information content (AvgIpc) is 2.70. The minimum absolute atomic E-state index is 0.172. The summed E-state index contributed by atoms with van der Waals surface area (Å²) in [6.07, 6.45) is 0.195. The van der Waals surface area contributed by atoms with E-state index in [4.69, 9.17) is 4.74 Å². The molecule has 142 valence electrons. The number of carbonyl (C=O) groups is 2. The van der Waals surface area contributed by atoms with Crippen molar-refractivity contribution in [2.75, 3.05) is 32.1 Å². The van der Waals surface area contributed by atoms with E-state index in [1.54, 1.807) is 6.07 Å². The topological polar surface area (TPSA) is 90.9 Å².